The van der Waals surface area contributed by atoms with Crippen molar-refractivity contribution in [1.82, 2.24) is 15.0 Å². The largest absolute Gasteiger partial charge is 0.462 e. The van der Waals surface area contributed by atoms with E-state index in [1.165, 1.54) is 11.1 Å². The van der Waals surface area contributed by atoms with Gasteiger partial charge in [-0.1, -0.05) is 61.0 Å². The molecule has 0 aliphatic carbocycles. The van der Waals surface area contributed by atoms with E-state index in [2.05, 4.69) is 48.4 Å². The van der Waals surface area contributed by atoms with Crippen LogP contribution in [-0.2, 0) is 24.0 Å². The van der Waals surface area contributed by atoms with Crippen molar-refractivity contribution in [1.29, 1.82) is 0 Å². The van der Waals surface area contributed by atoms with Crippen LogP contribution >= 0.6 is 0 Å². The average molecular weight is 467 g/mol. The quantitative estimate of drug-likeness (QED) is 0.312. The van der Waals surface area contributed by atoms with Crippen LogP contribution < -0.4 is 5.32 Å². The molecule has 0 bridgehead atoms. The van der Waals surface area contributed by atoms with Gasteiger partial charge in [0.2, 0.25) is 5.95 Å². The van der Waals surface area contributed by atoms with E-state index in [1.54, 1.807) is 19.1 Å². The fraction of sp³-hybridized carbons (Fsp3) is 0.241. The van der Waals surface area contributed by atoms with E-state index in [0.29, 0.717) is 42.6 Å². The number of benzene rings is 3. The maximum atomic E-state index is 11.9. The summed E-state index contributed by atoms with van der Waals surface area (Å²) in [6, 6.07) is 24.0. The molecule has 6 heteroatoms. The lowest BCUT2D eigenvalue weighted by molar-refractivity contribution is 0.0526. The summed E-state index contributed by atoms with van der Waals surface area (Å²) in [5.74, 6) is 1.57. The number of aryl methyl sites for hydroxylation is 2. The lowest BCUT2D eigenvalue weighted by Gasteiger charge is -2.10. The molecule has 35 heavy (non-hydrogen) atoms. The molecule has 0 atom stereocenters. The normalized spacial score (nSPS) is 10.7. The molecule has 4 aromatic rings. The molecule has 0 amide bonds. The van der Waals surface area contributed by atoms with E-state index in [1.807, 2.05) is 36.4 Å². The summed E-state index contributed by atoms with van der Waals surface area (Å²) in [4.78, 5) is 26.1. The highest BCUT2D eigenvalue weighted by Crippen LogP contribution is 2.17. The number of nitrogens with one attached hydrogen (secondary N) is 1. The van der Waals surface area contributed by atoms with Gasteiger partial charge in [0, 0.05) is 18.5 Å². The van der Waals surface area contributed by atoms with Gasteiger partial charge in [-0.3, -0.25) is 0 Å². The van der Waals surface area contributed by atoms with Gasteiger partial charge >= 0.3 is 5.97 Å². The summed E-state index contributed by atoms with van der Waals surface area (Å²) < 4.78 is 5.07. The highest BCUT2D eigenvalue weighted by atomic mass is 16.5. The highest BCUT2D eigenvalue weighted by molar-refractivity contribution is 5.89. The fourth-order valence-electron chi connectivity index (χ4n) is 3.68. The van der Waals surface area contributed by atoms with Crippen molar-refractivity contribution in [2.45, 2.75) is 40.0 Å². The third-order valence-corrected chi connectivity index (χ3v) is 5.66. The lowest BCUT2D eigenvalue weighted by atomic mass is 10.1. The Labute approximate surface area is 206 Å². The standard InChI is InChI=1S/C29H30N4O2/c1-4-21-8-10-22(11-9-21)18-26-31-27(19-23-12-14-24(15-13-23)28(34)35-5-2)33-29(32-26)30-25-16-6-20(3)7-17-25/h6-17H,4-5,18-19H2,1-3H3,(H,30,31,32,33). The van der Waals surface area contributed by atoms with Gasteiger partial charge in [0.05, 0.1) is 12.2 Å². The van der Waals surface area contributed by atoms with Crippen LogP contribution in [0.1, 0.15) is 58.1 Å². The molecule has 0 radical (unpaired) electrons. The van der Waals surface area contributed by atoms with Crippen LogP contribution in [0.4, 0.5) is 11.6 Å². The zero-order valence-corrected chi connectivity index (χ0v) is 20.4. The maximum absolute atomic E-state index is 11.9. The second-order valence-corrected chi connectivity index (χ2v) is 8.42. The van der Waals surface area contributed by atoms with Crippen molar-refractivity contribution in [3.05, 3.63) is 112 Å². The lowest BCUT2D eigenvalue weighted by Crippen LogP contribution is -2.09. The molecule has 1 N–H and O–H groups in total. The summed E-state index contributed by atoms with van der Waals surface area (Å²) in [5.41, 5.74) is 6.10. The van der Waals surface area contributed by atoms with Crippen LogP contribution in [0, 0.1) is 6.92 Å². The van der Waals surface area contributed by atoms with Crippen molar-refractivity contribution < 1.29 is 9.53 Å². The molecular weight excluding hydrogens is 436 g/mol. The maximum Gasteiger partial charge on any atom is 0.338 e. The Kier molecular flexibility index (Phi) is 7.83. The zero-order valence-electron chi connectivity index (χ0n) is 20.4. The van der Waals surface area contributed by atoms with E-state index in [-0.39, 0.29) is 5.97 Å². The first kappa shape index (κ1) is 24.1. The Morgan fingerprint density at radius 3 is 1.83 bits per heavy atom. The molecule has 1 aromatic heterocycles. The fourth-order valence-corrected chi connectivity index (χ4v) is 3.68. The number of hydrogen-bond donors (Lipinski definition) is 1. The van der Waals surface area contributed by atoms with E-state index >= 15 is 0 Å². The molecule has 0 aliphatic rings. The number of rotatable bonds is 9. The smallest absolute Gasteiger partial charge is 0.338 e. The Morgan fingerprint density at radius 1 is 0.743 bits per heavy atom. The van der Waals surface area contributed by atoms with E-state index in [0.717, 1.165) is 23.2 Å². The first-order chi connectivity index (χ1) is 17.0. The van der Waals surface area contributed by atoms with Crippen LogP contribution in [0.25, 0.3) is 0 Å². The number of carbonyl (C=O) groups excluding carboxylic acids is 1. The van der Waals surface area contributed by atoms with E-state index in [4.69, 9.17) is 14.7 Å². The molecular formula is C29H30N4O2. The van der Waals surface area contributed by atoms with Crippen molar-refractivity contribution in [2.24, 2.45) is 0 Å². The number of aromatic nitrogens is 3. The Bertz CT molecular complexity index is 1270. The molecule has 0 aliphatic heterocycles. The van der Waals surface area contributed by atoms with Gasteiger partial charge in [-0.2, -0.15) is 9.97 Å². The molecule has 6 nitrogen and oxygen atoms in total. The minimum atomic E-state index is -0.319. The molecule has 0 spiro atoms. The number of hydrogen-bond acceptors (Lipinski definition) is 6. The summed E-state index contributed by atoms with van der Waals surface area (Å²) in [5, 5.41) is 3.32. The van der Waals surface area contributed by atoms with Crippen LogP contribution in [0.2, 0.25) is 0 Å². The number of anilines is 2. The molecule has 0 fully saturated rings. The van der Waals surface area contributed by atoms with Gasteiger partial charge in [-0.05, 0) is 61.2 Å². The van der Waals surface area contributed by atoms with Crippen molar-refractivity contribution in [2.75, 3.05) is 11.9 Å². The van der Waals surface area contributed by atoms with Crippen molar-refractivity contribution in [3.8, 4) is 0 Å². The Balaban J connectivity index is 1.59. The van der Waals surface area contributed by atoms with Crippen LogP contribution in [-0.4, -0.2) is 27.5 Å². The second-order valence-electron chi connectivity index (χ2n) is 8.42. The van der Waals surface area contributed by atoms with Crippen molar-refractivity contribution >= 4 is 17.6 Å². The summed E-state index contributed by atoms with van der Waals surface area (Å²) in [6.45, 7) is 6.35. The monoisotopic (exact) mass is 466 g/mol. The van der Waals surface area contributed by atoms with Gasteiger partial charge in [-0.25, -0.2) is 9.78 Å². The van der Waals surface area contributed by atoms with Gasteiger partial charge < -0.3 is 10.1 Å². The zero-order chi connectivity index (χ0) is 24.6. The van der Waals surface area contributed by atoms with Gasteiger partial charge in [0.15, 0.2) is 0 Å². The van der Waals surface area contributed by atoms with E-state index in [9.17, 15) is 4.79 Å². The van der Waals surface area contributed by atoms with Crippen LogP contribution in [0.5, 0.6) is 0 Å². The molecule has 0 unspecified atom stereocenters. The van der Waals surface area contributed by atoms with Gasteiger partial charge in [0.25, 0.3) is 0 Å². The molecule has 4 rings (SSSR count). The predicted octanol–water partition coefficient (Wildman–Crippen LogP) is 5.84. The van der Waals surface area contributed by atoms with Gasteiger partial charge in [-0.15, -0.1) is 0 Å². The highest BCUT2D eigenvalue weighted by Gasteiger charge is 2.11. The summed E-state index contributed by atoms with van der Waals surface area (Å²) >= 11 is 0. The Morgan fingerprint density at radius 2 is 1.29 bits per heavy atom. The second kappa shape index (κ2) is 11.4. The molecule has 1 heterocycles. The van der Waals surface area contributed by atoms with Gasteiger partial charge in [0.1, 0.15) is 11.6 Å². The molecule has 0 saturated heterocycles. The number of ether oxygens (including phenoxy) is 1. The number of nitrogens with zero attached hydrogens (tertiary/aromatic N) is 3. The topological polar surface area (TPSA) is 77.0 Å². The first-order valence-electron chi connectivity index (χ1n) is 11.9. The molecule has 178 valence electrons. The van der Waals surface area contributed by atoms with Crippen LogP contribution in [0.15, 0.2) is 72.8 Å². The molecule has 3 aromatic carbocycles. The SMILES string of the molecule is CCOC(=O)c1ccc(Cc2nc(Cc3ccc(CC)cc3)nc(Nc3ccc(C)cc3)n2)cc1. The third-order valence-electron chi connectivity index (χ3n) is 5.66. The minimum absolute atomic E-state index is 0.319. The average Bonchev–Trinajstić information content (AvgIpc) is 2.86. The third kappa shape index (κ3) is 6.73. The van der Waals surface area contributed by atoms with Crippen LogP contribution in [0.3, 0.4) is 0 Å². The summed E-state index contributed by atoms with van der Waals surface area (Å²) in [6.07, 6.45) is 2.15. The summed E-state index contributed by atoms with van der Waals surface area (Å²) in [7, 11) is 0. The molecule has 0 saturated carbocycles. The number of carbonyl (C=O) groups is 1. The minimum Gasteiger partial charge on any atom is -0.462 e. The first-order valence-corrected chi connectivity index (χ1v) is 11.9. The number of esters is 1. The Hall–Kier alpha value is -4.06. The predicted molar refractivity (Wildman–Crippen MR) is 138 cm³/mol. The van der Waals surface area contributed by atoms with E-state index < -0.39 is 0 Å². The van der Waals surface area contributed by atoms with Crippen molar-refractivity contribution in [3.63, 3.8) is 0 Å².